The third-order valence-electron chi connectivity index (χ3n) is 9.80. The van der Waals surface area contributed by atoms with Gasteiger partial charge in [0.1, 0.15) is 18.1 Å². The summed E-state index contributed by atoms with van der Waals surface area (Å²) >= 11 is 0. The van der Waals surface area contributed by atoms with Gasteiger partial charge >= 0.3 is 0 Å². The normalized spacial score (nSPS) is 22.6. The van der Waals surface area contributed by atoms with E-state index in [1.807, 2.05) is 84.9 Å². The van der Waals surface area contributed by atoms with E-state index in [2.05, 4.69) is 31.3 Å². The Morgan fingerprint density at radius 2 is 1.60 bits per heavy atom. The van der Waals surface area contributed by atoms with E-state index in [0.29, 0.717) is 30.2 Å². The molecule has 2 amide bonds. The molecule has 1 aliphatic carbocycles. The van der Waals surface area contributed by atoms with Gasteiger partial charge in [-0.1, -0.05) is 68.0 Å². The van der Waals surface area contributed by atoms with Crippen molar-refractivity contribution in [3.05, 3.63) is 125 Å². The van der Waals surface area contributed by atoms with Crippen molar-refractivity contribution < 1.29 is 23.8 Å². The van der Waals surface area contributed by atoms with Crippen molar-refractivity contribution in [1.82, 2.24) is 0 Å². The Hall–Kier alpha value is -4.72. The summed E-state index contributed by atoms with van der Waals surface area (Å²) < 4.78 is 12.3. The Labute approximate surface area is 275 Å². The molecule has 0 saturated carbocycles. The highest BCUT2D eigenvalue weighted by molar-refractivity contribution is 6.22. The van der Waals surface area contributed by atoms with Gasteiger partial charge < -0.3 is 19.6 Å². The number of hydrogen-bond acceptors (Lipinski definition) is 6. The summed E-state index contributed by atoms with van der Waals surface area (Å²) in [6, 6.07) is 31.3. The lowest BCUT2D eigenvalue weighted by atomic mass is 9.67. The molecule has 3 heterocycles. The first-order valence-corrected chi connectivity index (χ1v) is 16.5. The standard InChI is InChI=1S/C40H40N2O5/c1-25(2)33-22-34-38(40(45)42(39(34)44)30-16-14-29(15-17-30)41-28-11-7-4-8-12-28)35-24-46-36(37(33)35)20-13-27(26-9-5-3-6-10-26)21-31-18-19-32(23-43)47-31/h3-12,14-19,21,25,34-36,38,41,43H,13,20,22-24H2,1-2H3/b27-21-/t34-,35+,36-,38-/m1/s1. The number of imide groups is 1. The van der Waals surface area contributed by atoms with Crippen LogP contribution in [0.1, 0.15) is 50.2 Å². The SMILES string of the molecule is CC(C)C1=C2[C@@H](CC/C(=C/c3ccc(CO)o3)c3ccccc3)OC[C@@H]2[C@@H]2C(=O)N(c3ccc(Nc4ccccc4)cc3)C(=O)[C@@H]2C1. The van der Waals surface area contributed by atoms with Crippen LogP contribution in [0, 0.1) is 23.7 Å². The third kappa shape index (κ3) is 6.09. The van der Waals surface area contributed by atoms with Crippen LogP contribution in [0.2, 0.25) is 0 Å². The number of anilines is 3. The van der Waals surface area contributed by atoms with E-state index < -0.39 is 5.92 Å². The first kappa shape index (κ1) is 30.9. The van der Waals surface area contributed by atoms with Gasteiger partial charge in [-0.3, -0.25) is 14.5 Å². The topological polar surface area (TPSA) is 92.0 Å². The Kier molecular flexibility index (Phi) is 8.67. The number of nitrogens with one attached hydrogen (secondary N) is 1. The van der Waals surface area contributed by atoms with Gasteiger partial charge in [-0.05, 0) is 96.5 Å². The van der Waals surface area contributed by atoms with Crippen LogP contribution in [0.25, 0.3) is 11.6 Å². The second kappa shape index (κ2) is 13.2. The van der Waals surface area contributed by atoms with Gasteiger partial charge in [0.05, 0.1) is 30.2 Å². The molecule has 2 saturated heterocycles. The van der Waals surface area contributed by atoms with E-state index in [-0.39, 0.29) is 42.3 Å². The summed E-state index contributed by atoms with van der Waals surface area (Å²) in [6.45, 7) is 4.65. The van der Waals surface area contributed by atoms with E-state index in [0.717, 1.165) is 35.4 Å². The number of aliphatic hydroxyl groups excluding tert-OH is 1. The van der Waals surface area contributed by atoms with Gasteiger partial charge in [0, 0.05) is 17.3 Å². The predicted molar refractivity (Wildman–Crippen MR) is 184 cm³/mol. The Balaban J connectivity index is 1.12. The molecule has 0 radical (unpaired) electrons. The maximum atomic E-state index is 14.1. The highest BCUT2D eigenvalue weighted by atomic mass is 16.5. The lowest BCUT2D eigenvalue weighted by molar-refractivity contribution is -0.122. The van der Waals surface area contributed by atoms with Gasteiger partial charge in [-0.15, -0.1) is 0 Å². The predicted octanol–water partition coefficient (Wildman–Crippen LogP) is 8.01. The first-order valence-electron chi connectivity index (χ1n) is 16.5. The molecular formula is C40H40N2O5. The number of aliphatic hydroxyl groups is 1. The van der Waals surface area contributed by atoms with Crippen molar-refractivity contribution in [2.75, 3.05) is 16.8 Å². The molecule has 2 N–H and O–H groups in total. The van der Waals surface area contributed by atoms with Crippen LogP contribution >= 0.6 is 0 Å². The fourth-order valence-corrected chi connectivity index (χ4v) is 7.56. The Morgan fingerprint density at radius 3 is 2.28 bits per heavy atom. The van der Waals surface area contributed by atoms with Crippen LogP contribution in [0.3, 0.4) is 0 Å². The lowest BCUT2D eigenvalue weighted by Crippen LogP contribution is -2.35. The number of amides is 2. The second-order valence-electron chi connectivity index (χ2n) is 13.0. The van der Waals surface area contributed by atoms with Gasteiger partial charge in [0.15, 0.2) is 0 Å². The van der Waals surface area contributed by atoms with E-state index in [4.69, 9.17) is 9.15 Å². The average molecular weight is 629 g/mol. The minimum Gasteiger partial charge on any atom is -0.459 e. The molecule has 0 bridgehead atoms. The Bertz CT molecular complexity index is 1810. The van der Waals surface area contributed by atoms with Crippen molar-refractivity contribution in [1.29, 1.82) is 0 Å². The van der Waals surface area contributed by atoms with Gasteiger partial charge in [0.2, 0.25) is 11.8 Å². The molecule has 0 spiro atoms. The molecular weight excluding hydrogens is 588 g/mol. The van der Waals surface area contributed by atoms with Gasteiger partial charge in [-0.25, -0.2) is 0 Å². The molecule has 0 unspecified atom stereocenters. The number of fused-ring (bicyclic) bond motifs is 3. The van der Waals surface area contributed by atoms with Crippen LogP contribution in [0.4, 0.5) is 17.1 Å². The van der Waals surface area contributed by atoms with Crippen LogP contribution in [0.5, 0.6) is 0 Å². The van der Waals surface area contributed by atoms with Crippen molar-refractivity contribution in [3.8, 4) is 0 Å². The van der Waals surface area contributed by atoms with E-state index >= 15 is 0 Å². The molecule has 7 heteroatoms. The minimum atomic E-state index is -0.420. The molecule has 47 heavy (non-hydrogen) atoms. The van der Waals surface area contributed by atoms with Crippen LogP contribution < -0.4 is 10.2 Å². The molecule has 3 aromatic carbocycles. The summed E-state index contributed by atoms with van der Waals surface area (Å²) in [5, 5.41) is 12.8. The second-order valence-corrected chi connectivity index (χ2v) is 13.0. The fourth-order valence-electron chi connectivity index (χ4n) is 7.56. The maximum absolute atomic E-state index is 14.1. The maximum Gasteiger partial charge on any atom is 0.238 e. The summed E-state index contributed by atoms with van der Waals surface area (Å²) in [6.07, 6.45) is 3.97. The number of rotatable bonds is 10. The zero-order valence-corrected chi connectivity index (χ0v) is 26.8. The number of carbonyl (C=O) groups is 2. The number of nitrogens with zero attached hydrogens (tertiary/aromatic N) is 1. The van der Waals surface area contributed by atoms with Crippen molar-refractivity contribution in [2.45, 2.75) is 45.8 Å². The van der Waals surface area contributed by atoms with Crippen LogP contribution in [-0.4, -0.2) is 29.6 Å². The molecule has 7 nitrogen and oxygen atoms in total. The average Bonchev–Trinajstić information content (AvgIpc) is 3.80. The fraction of sp³-hybridized carbons (Fsp3) is 0.300. The number of carbonyl (C=O) groups excluding carboxylic acids is 2. The summed E-state index contributed by atoms with van der Waals surface area (Å²) in [7, 11) is 0. The number of para-hydroxylation sites is 1. The number of allylic oxidation sites excluding steroid dienone is 2. The number of furan rings is 1. The molecule has 4 aromatic rings. The number of ether oxygens (including phenoxy) is 1. The van der Waals surface area contributed by atoms with Crippen molar-refractivity contribution in [2.24, 2.45) is 23.7 Å². The summed E-state index contributed by atoms with van der Waals surface area (Å²) in [4.78, 5) is 29.4. The molecule has 240 valence electrons. The molecule has 1 aromatic heterocycles. The molecule has 2 aliphatic heterocycles. The minimum absolute atomic E-state index is 0.112. The zero-order chi connectivity index (χ0) is 32.5. The van der Waals surface area contributed by atoms with Crippen molar-refractivity contribution >= 4 is 40.5 Å². The number of benzene rings is 3. The van der Waals surface area contributed by atoms with Gasteiger partial charge in [0.25, 0.3) is 0 Å². The summed E-state index contributed by atoms with van der Waals surface area (Å²) in [5.74, 6) is 0.313. The molecule has 7 rings (SSSR count). The van der Waals surface area contributed by atoms with E-state index in [1.165, 1.54) is 16.0 Å². The van der Waals surface area contributed by atoms with Crippen molar-refractivity contribution in [3.63, 3.8) is 0 Å². The highest BCUT2D eigenvalue weighted by Crippen LogP contribution is 2.52. The smallest absolute Gasteiger partial charge is 0.238 e. The molecule has 2 fully saturated rings. The molecule has 4 atom stereocenters. The third-order valence-corrected chi connectivity index (χ3v) is 9.80. The van der Waals surface area contributed by atoms with Crippen LogP contribution in [-0.2, 0) is 20.9 Å². The summed E-state index contributed by atoms with van der Waals surface area (Å²) in [5.41, 5.74) is 7.16. The van der Waals surface area contributed by atoms with Crippen LogP contribution in [0.15, 0.2) is 113 Å². The largest absolute Gasteiger partial charge is 0.459 e. The zero-order valence-electron chi connectivity index (χ0n) is 26.8. The van der Waals surface area contributed by atoms with E-state index in [9.17, 15) is 14.7 Å². The monoisotopic (exact) mass is 628 g/mol. The quantitative estimate of drug-likeness (QED) is 0.137. The first-order chi connectivity index (χ1) is 22.9. The Morgan fingerprint density at radius 1 is 0.894 bits per heavy atom. The lowest BCUT2D eigenvalue weighted by Gasteiger charge is -2.33. The number of hydrogen-bond donors (Lipinski definition) is 2. The highest BCUT2D eigenvalue weighted by Gasteiger charge is 2.57. The van der Waals surface area contributed by atoms with E-state index in [1.54, 1.807) is 6.07 Å². The van der Waals surface area contributed by atoms with Gasteiger partial charge in [-0.2, -0.15) is 0 Å². The molecule has 3 aliphatic rings.